The van der Waals surface area contributed by atoms with Crippen molar-refractivity contribution in [2.45, 2.75) is 38.1 Å². The number of hydrogen-bond donors (Lipinski definition) is 1. The number of nitrogens with one attached hydrogen (secondary N) is 1. The lowest BCUT2D eigenvalue weighted by molar-refractivity contribution is 0.117. The van der Waals surface area contributed by atoms with Crippen LogP contribution in [0.25, 0.3) is 0 Å². The van der Waals surface area contributed by atoms with Crippen LogP contribution in [0.5, 0.6) is 0 Å². The lowest BCUT2D eigenvalue weighted by Gasteiger charge is -2.41. The van der Waals surface area contributed by atoms with Crippen LogP contribution in [-0.2, 0) is 10.0 Å². The summed E-state index contributed by atoms with van der Waals surface area (Å²) in [6, 6.07) is 0. The molecule has 0 bridgehead atoms. The Morgan fingerprint density at radius 2 is 1.90 bits per heavy atom. The van der Waals surface area contributed by atoms with Gasteiger partial charge in [-0.3, -0.25) is 0 Å². The first kappa shape index (κ1) is 16.2. The summed E-state index contributed by atoms with van der Waals surface area (Å²) < 4.78 is 25.0. The van der Waals surface area contributed by atoms with Crippen molar-refractivity contribution < 1.29 is 8.42 Å². The van der Waals surface area contributed by atoms with Gasteiger partial charge in [-0.05, 0) is 58.7 Å². The van der Waals surface area contributed by atoms with E-state index >= 15 is 0 Å². The van der Waals surface area contributed by atoms with Crippen LogP contribution in [0.1, 0.15) is 32.6 Å². The topological polar surface area (TPSA) is 52.6 Å². The molecule has 0 aliphatic carbocycles. The molecule has 2 aliphatic heterocycles. The molecule has 1 atom stereocenters. The fraction of sp³-hybridized carbons (Fsp3) is 1.00. The van der Waals surface area contributed by atoms with Crippen LogP contribution < -0.4 is 5.32 Å². The molecule has 0 aromatic carbocycles. The quantitative estimate of drug-likeness (QED) is 0.832. The van der Waals surface area contributed by atoms with Crippen LogP contribution in [0.3, 0.4) is 0 Å². The van der Waals surface area contributed by atoms with Gasteiger partial charge >= 0.3 is 0 Å². The maximum atomic E-state index is 11.7. The van der Waals surface area contributed by atoms with E-state index in [9.17, 15) is 8.42 Å². The van der Waals surface area contributed by atoms with E-state index < -0.39 is 10.0 Å². The predicted molar refractivity (Wildman–Crippen MR) is 82.3 cm³/mol. The predicted octanol–water partition coefficient (Wildman–Crippen LogP) is 0.732. The molecule has 2 rings (SSSR count). The van der Waals surface area contributed by atoms with E-state index in [4.69, 9.17) is 0 Å². The number of hydrogen-bond acceptors (Lipinski definition) is 4. The molecule has 2 saturated heterocycles. The monoisotopic (exact) mass is 303 g/mol. The molecule has 6 heteroatoms. The van der Waals surface area contributed by atoms with Crippen molar-refractivity contribution in [2.24, 2.45) is 5.92 Å². The van der Waals surface area contributed by atoms with Gasteiger partial charge in [0.05, 0.1) is 6.26 Å². The molecule has 20 heavy (non-hydrogen) atoms. The van der Waals surface area contributed by atoms with Crippen LogP contribution in [-0.4, -0.2) is 69.2 Å². The molecule has 0 amide bonds. The fourth-order valence-electron chi connectivity index (χ4n) is 3.32. The zero-order valence-electron chi connectivity index (χ0n) is 13.1. The fourth-order valence-corrected chi connectivity index (χ4v) is 4.26. The Bertz CT molecular complexity index is 416. The van der Waals surface area contributed by atoms with Crippen LogP contribution in [0.4, 0.5) is 0 Å². The van der Waals surface area contributed by atoms with Crippen LogP contribution in [0, 0.1) is 5.92 Å². The van der Waals surface area contributed by atoms with E-state index in [-0.39, 0.29) is 5.54 Å². The van der Waals surface area contributed by atoms with Crippen molar-refractivity contribution in [3.05, 3.63) is 0 Å². The van der Waals surface area contributed by atoms with E-state index in [0.29, 0.717) is 19.0 Å². The third-order valence-corrected chi connectivity index (χ3v) is 6.30. The zero-order valence-corrected chi connectivity index (χ0v) is 13.9. The first-order valence-electron chi connectivity index (χ1n) is 7.69. The summed E-state index contributed by atoms with van der Waals surface area (Å²) in [4.78, 5) is 2.51. The Balaban J connectivity index is 1.82. The van der Waals surface area contributed by atoms with E-state index in [1.165, 1.54) is 19.1 Å². The van der Waals surface area contributed by atoms with Crippen LogP contribution in [0.15, 0.2) is 0 Å². The second-order valence-corrected chi connectivity index (χ2v) is 8.72. The molecular weight excluding hydrogens is 274 g/mol. The number of piperidine rings is 2. The zero-order chi connectivity index (χ0) is 14.8. The lowest BCUT2D eigenvalue weighted by Crippen LogP contribution is -2.51. The molecule has 0 spiro atoms. The third kappa shape index (κ3) is 4.16. The molecule has 1 N–H and O–H groups in total. The van der Waals surface area contributed by atoms with Crippen LogP contribution >= 0.6 is 0 Å². The molecular formula is C14H29N3O2S. The Labute approximate surface area is 123 Å². The highest BCUT2D eigenvalue weighted by Crippen LogP contribution is 2.24. The second-order valence-electron chi connectivity index (χ2n) is 6.74. The van der Waals surface area contributed by atoms with Gasteiger partial charge in [-0.25, -0.2) is 12.7 Å². The highest BCUT2D eigenvalue weighted by atomic mass is 32.2. The maximum absolute atomic E-state index is 11.7. The van der Waals surface area contributed by atoms with Gasteiger partial charge in [0.1, 0.15) is 0 Å². The minimum Gasteiger partial charge on any atom is -0.314 e. The summed E-state index contributed by atoms with van der Waals surface area (Å²) in [5.41, 5.74) is 0.280. The van der Waals surface area contributed by atoms with Gasteiger partial charge in [0.15, 0.2) is 0 Å². The Kier molecular flexibility index (Phi) is 5.10. The molecule has 0 aromatic rings. The van der Waals surface area contributed by atoms with Gasteiger partial charge in [0.2, 0.25) is 10.0 Å². The first-order chi connectivity index (χ1) is 9.32. The summed E-state index contributed by atoms with van der Waals surface area (Å²) in [6.07, 6.45) is 5.83. The van der Waals surface area contributed by atoms with E-state index in [0.717, 1.165) is 32.5 Å². The molecule has 0 aromatic heterocycles. The van der Waals surface area contributed by atoms with E-state index in [1.807, 2.05) is 7.05 Å². The Hall–Kier alpha value is -0.170. The van der Waals surface area contributed by atoms with Crippen molar-refractivity contribution in [2.75, 3.05) is 46.0 Å². The summed E-state index contributed by atoms with van der Waals surface area (Å²) in [7, 11) is -0.975. The summed E-state index contributed by atoms with van der Waals surface area (Å²) in [6.45, 7) is 6.98. The average Bonchev–Trinajstić information content (AvgIpc) is 2.41. The average molecular weight is 303 g/mol. The second kappa shape index (κ2) is 6.30. The molecule has 2 aliphatic rings. The molecule has 2 fully saturated rings. The maximum Gasteiger partial charge on any atom is 0.211 e. The largest absolute Gasteiger partial charge is 0.314 e. The van der Waals surface area contributed by atoms with Gasteiger partial charge in [-0.1, -0.05) is 0 Å². The number of likely N-dealkylation sites (tertiary alicyclic amines) is 1. The van der Waals surface area contributed by atoms with Crippen molar-refractivity contribution in [1.82, 2.24) is 14.5 Å². The molecule has 0 radical (unpaired) electrons. The summed E-state index contributed by atoms with van der Waals surface area (Å²) in [5, 5.41) is 3.42. The number of sulfonamides is 1. The molecule has 2 heterocycles. The van der Waals surface area contributed by atoms with Gasteiger partial charge in [0.25, 0.3) is 0 Å². The minimum absolute atomic E-state index is 0.280. The lowest BCUT2D eigenvalue weighted by atomic mass is 9.89. The molecule has 1 unspecified atom stereocenters. The number of nitrogens with zero attached hydrogens (tertiary/aromatic N) is 2. The summed E-state index contributed by atoms with van der Waals surface area (Å²) >= 11 is 0. The van der Waals surface area contributed by atoms with Gasteiger partial charge in [-0.15, -0.1) is 0 Å². The molecule has 0 saturated carbocycles. The van der Waals surface area contributed by atoms with Gasteiger partial charge < -0.3 is 10.2 Å². The highest BCUT2D eigenvalue weighted by molar-refractivity contribution is 7.88. The van der Waals surface area contributed by atoms with Crippen molar-refractivity contribution >= 4 is 10.0 Å². The molecule has 118 valence electrons. The summed E-state index contributed by atoms with van der Waals surface area (Å²) in [5.74, 6) is 0.498. The standard InChI is InChI=1S/C14H29N3O2S/c1-14(15-2)6-9-16(10-7-14)11-13-5-4-8-17(12-13)20(3,18)19/h13,15H,4-12H2,1-3H3. The third-order valence-electron chi connectivity index (χ3n) is 5.03. The Morgan fingerprint density at radius 1 is 1.25 bits per heavy atom. The molecule has 5 nitrogen and oxygen atoms in total. The highest BCUT2D eigenvalue weighted by Gasteiger charge is 2.31. The van der Waals surface area contributed by atoms with E-state index in [2.05, 4.69) is 17.1 Å². The van der Waals surface area contributed by atoms with Gasteiger partial charge in [-0.2, -0.15) is 0 Å². The normalized spacial score (nSPS) is 29.4. The van der Waals surface area contributed by atoms with Gasteiger partial charge in [0, 0.05) is 25.2 Å². The SMILES string of the molecule is CNC1(C)CCN(CC2CCCN(S(C)(=O)=O)C2)CC1. The Morgan fingerprint density at radius 3 is 2.45 bits per heavy atom. The van der Waals surface area contributed by atoms with Crippen LogP contribution in [0.2, 0.25) is 0 Å². The minimum atomic E-state index is -3.02. The van der Waals surface area contributed by atoms with Crippen molar-refractivity contribution in [3.63, 3.8) is 0 Å². The first-order valence-corrected chi connectivity index (χ1v) is 9.54. The number of rotatable bonds is 4. The van der Waals surface area contributed by atoms with E-state index in [1.54, 1.807) is 4.31 Å². The smallest absolute Gasteiger partial charge is 0.211 e. The van der Waals surface area contributed by atoms with Crippen molar-refractivity contribution in [3.8, 4) is 0 Å². The van der Waals surface area contributed by atoms with Crippen molar-refractivity contribution in [1.29, 1.82) is 0 Å².